The summed E-state index contributed by atoms with van der Waals surface area (Å²) in [5.41, 5.74) is 3.14. The van der Waals surface area contributed by atoms with Crippen molar-refractivity contribution in [3.8, 4) is 0 Å². The minimum atomic E-state index is 0.792. The Morgan fingerprint density at radius 3 is 2.87 bits per heavy atom. The lowest BCUT2D eigenvalue weighted by Crippen LogP contribution is -2.29. The smallest absolute Gasteiger partial charge is 0.00234 e. The second-order valence-electron chi connectivity index (χ2n) is 5.04. The van der Waals surface area contributed by atoms with E-state index < -0.39 is 0 Å². The summed E-state index contributed by atoms with van der Waals surface area (Å²) in [6.45, 7) is 2.41. The molecular formula is C14H19N. The summed E-state index contributed by atoms with van der Waals surface area (Å²) in [7, 11) is 0. The van der Waals surface area contributed by atoms with Gasteiger partial charge in [-0.3, -0.25) is 0 Å². The van der Waals surface area contributed by atoms with E-state index in [4.69, 9.17) is 0 Å². The summed E-state index contributed by atoms with van der Waals surface area (Å²) in [6.07, 6.45) is 5.64. The van der Waals surface area contributed by atoms with E-state index in [1.54, 1.807) is 11.1 Å². The third-order valence-electron chi connectivity index (χ3n) is 3.78. The zero-order chi connectivity index (χ0) is 10.1. The van der Waals surface area contributed by atoms with Crippen LogP contribution in [0.2, 0.25) is 0 Å². The number of nitrogens with one attached hydrogen (secondary N) is 1. The van der Waals surface area contributed by atoms with Crippen LogP contribution in [0.15, 0.2) is 24.3 Å². The van der Waals surface area contributed by atoms with Gasteiger partial charge in [-0.15, -0.1) is 0 Å². The molecule has 2 aliphatic rings. The molecule has 0 spiro atoms. The van der Waals surface area contributed by atoms with Crippen LogP contribution in [0.25, 0.3) is 0 Å². The predicted octanol–water partition coefficient (Wildman–Crippen LogP) is 2.72. The number of benzene rings is 1. The zero-order valence-corrected chi connectivity index (χ0v) is 9.21. The molecule has 0 amide bonds. The van der Waals surface area contributed by atoms with Crippen molar-refractivity contribution in [3.05, 3.63) is 35.4 Å². The van der Waals surface area contributed by atoms with Crippen LogP contribution in [-0.4, -0.2) is 13.1 Å². The lowest BCUT2D eigenvalue weighted by Gasteiger charge is -2.30. The molecule has 0 radical (unpaired) electrons. The Labute approximate surface area is 91.9 Å². The maximum Gasteiger partial charge on any atom is 0.00234 e. The lowest BCUT2D eigenvalue weighted by atomic mass is 9.77. The molecule has 15 heavy (non-hydrogen) atoms. The third-order valence-corrected chi connectivity index (χ3v) is 3.78. The number of fused-ring (bicyclic) bond motifs is 1. The second-order valence-corrected chi connectivity index (χ2v) is 5.04. The molecule has 3 rings (SSSR count). The predicted molar refractivity (Wildman–Crippen MR) is 63.1 cm³/mol. The topological polar surface area (TPSA) is 12.0 Å². The van der Waals surface area contributed by atoms with Crippen LogP contribution in [0.1, 0.15) is 36.3 Å². The highest BCUT2D eigenvalue weighted by Crippen LogP contribution is 2.34. The van der Waals surface area contributed by atoms with Crippen molar-refractivity contribution in [2.24, 2.45) is 5.92 Å². The summed E-state index contributed by atoms with van der Waals surface area (Å²) in [6, 6.07) is 8.85. The van der Waals surface area contributed by atoms with Crippen LogP contribution in [-0.2, 0) is 6.42 Å². The molecule has 1 N–H and O–H groups in total. The number of rotatable bonds is 5. The molecule has 0 bridgehead atoms. The first-order valence-electron chi connectivity index (χ1n) is 6.22. The van der Waals surface area contributed by atoms with E-state index in [0.29, 0.717) is 0 Å². The molecule has 2 aliphatic carbocycles. The monoisotopic (exact) mass is 201 g/mol. The Morgan fingerprint density at radius 1 is 1.20 bits per heavy atom. The van der Waals surface area contributed by atoms with E-state index in [9.17, 15) is 0 Å². The van der Waals surface area contributed by atoms with Gasteiger partial charge in [0.05, 0.1) is 0 Å². The lowest BCUT2D eigenvalue weighted by molar-refractivity contribution is 0.519. The van der Waals surface area contributed by atoms with Crippen molar-refractivity contribution in [3.63, 3.8) is 0 Å². The molecule has 1 saturated carbocycles. The van der Waals surface area contributed by atoms with Crippen LogP contribution in [0.5, 0.6) is 0 Å². The SMILES string of the molecule is c1ccc2c(c1)CC2CNCCC1CC1. The molecule has 1 aromatic rings. The molecule has 0 aromatic heterocycles. The van der Waals surface area contributed by atoms with Crippen LogP contribution in [0.3, 0.4) is 0 Å². The Morgan fingerprint density at radius 2 is 2.07 bits per heavy atom. The highest BCUT2D eigenvalue weighted by molar-refractivity contribution is 5.40. The third kappa shape index (κ3) is 2.07. The van der Waals surface area contributed by atoms with E-state index in [0.717, 1.165) is 11.8 Å². The normalized spacial score (nSPS) is 23.3. The highest BCUT2D eigenvalue weighted by atomic mass is 14.9. The minimum absolute atomic E-state index is 0.792. The number of hydrogen-bond acceptors (Lipinski definition) is 1. The van der Waals surface area contributed by atoms with Crippen LogP contribution < -0.4 is 5.32 Å². The van der Waals surface area contributed by atoms with Crippen molar-refractivity contribution in [1.82, 2.24) is 5.32 Å². The van der Waals surface area contributed by atoms with E-state index in [1.807, 2.05) is 0 Å². The van der Waals surface area contributed by atoms with Gasteiger partial charge in [-0.2, -0.15) is 0 Å². The van der Waals surface area contributed by atoms with Crippen molar-refractivity contribution < 1.29 is 0 Å². The summed E-state index contributed by atoms with van der Waals surface area (Å²) in [5.74, 6) is 1.85. The average Bonchev–Trinajstić information content (AvgIpc) is 3.02. The molecular weight excluding hydrogens is 182 g/mol. The van der Waals surface area contributed by atoms with Gasteiger partial charge < -0.3 is 5.32 Å². The molecule has 1 fully saturated rings. The molecule has 0 heterocycles. The van der Waals surface area contributed by atoms with Crippen molar-refractivity contribution in [2.45, 2.75) is 31.6 Å². The Kier molecular flexibility index (Phi) is 2.49. The molecule has 1 aromatic carbocycles. The quantitative estimate of drug-likeness (QED) is 0.722. The summed E-state index contributed by atoms with van der Waals surface area (Å²) >= 11 is 0. The first-order valence-corrected chi connectivity index (χ1v) is 6.22. The van der Waals surface area contributed by atoms with Crippen LogP contribution >= 0.6 is 0 Å². The van der Waals surface area contributed by atoms with Crippen molar-refractivity contribution >= 4 is 0 Å². The summed E-state index contributed by atoms with van der Waals surface area (Å²) in [5, 5.41) is 3.60. The van der Waals surface area contributed by atoms with E-state index in [2.05, 4.69) is 29.6 Å². The Hall–Kier alpha value is -0.820. The van der Waals surface area contributed by atoms with Crippen LogP contribution in [0.4, 0.5) is 0 Å². The fourth-order valence-electron chi connectivity index (χ4n) is 2.53. The van der Waals surface area contributed by atoms with E-state index in [1.165, 1.54) is 38.8 Å². The Bertz CT molecular complexity index is 341. The van der Waals surface area contributed by atoms with Gasteiger partial charge in [0.15, 0.2) is 0 Å². The van der Waals surface area contributed by atoms with Gasteiger partial charge in [-0.05, 0) is 36.4 Å². The van der Waals surface area contributed by atoms with Gasteiger partial charge in [0, 0.05) is 12.5 Å². The largest absolute Gasteiger partial charge is 0.316 e. The molecule has 0 saturated heterocycles. The van der Waals surface area contributed by atoms with E-state index in [-0.39, 0.29) is 0 Å². The second kappa shape index (κ2) is 3.97. The molecule has 80 valence electrons. The summed E-state index contributed by atoms with van der Waals surface area (Å²) < 4.78 is 0. The van der Waals surface area contributed by atoms with Gasteiger partial charge in [0.1, 0.15) is 0 Å². The average molecular weight is 201 g/mol. The van der Waals surface area contributed by atoms with Gasteiger partial charge in [-0.25, -0.2) is 0 Å². The van der Waals surface area contributed by atoms with Gasteiger partial charge in [-0.1, -0.05) is 37.1 Å². The number of hydrogen-bond donors (Lipinski definition) is 1. The fourth-order valence-corrected chi connectivity index (χ4v) is 2.53. The maximum atomic E-state index is 3.60. The van der Waals surface area contributed by atoms with Crippen molar-refractivity contribution in [1.29, 1.82) is 0 Å². The first-order chi connectivity index (χ1) is 7.43. The fraction of sp³-hybridized carbons (Fsp3) is 0.571. The van der Waals surface area contributed by atoms with Crippen molar-refractivity contribution in [2.75, 3.05) is 13.1 Å². The maximum absolute atomic E-state index is 3.60. The molecule has 1 unspecified atom stereocenters. The molecule has 1 nitrogen and oxygen atoms in total. The molecule has 0 aliphatic heterocycles. The minimum Gasteiger partial charge on any atom is -0.316 e. The summed E-state index contributed by atoms with van der Waals surface area (Å²) in [4.78, 5) is 0. The molecule has 1 atom stereocenters. The molecule has 1 heteroatoms. The zero-order valence-electron chi connectivity index (χ0n) is 9.21. The van der Waals surface area contributed by atoms with Gasteiger partial charge >= 0.3 is 0 Å². The first kappa shape index (κ1) is 9.41. The van der Waals surface area contributed by atoms with Gasteiger partial charge in [0.2, 0.25) is 0 Å². The van der Waals surface area contributed by atoms with Gasteiger partial charge in [0.25, 0.3) is 0 Å². The standard InChI is InChI=1S/C14H19N/c1-2-4-14-12(3-1)9-13(14)10-15-8-7-11-5-6-11/h1-4,11,13,15H,5-10H2. The highest BCUT2D eigenvalue weighted by Gasteiger charge is 2.25. The van der Waals surface area contributed by atoms with Crippen LogP contribution in [0, 0.1) is 5.92 Å². The van der Waals surface area contributed by atoms with E-state index >= 15 is 0 Å². The Balaban J connectivity index is 1.42.